The minimum Gasteiger partial charge on any atom is -0.325 e. The predicted octanol–water partition coefficient (Wildman–Crippen LogP) is 5.00. The molecule has 2 aromatic rings. The third-order valence-electron chi connectivity index (χ3n) is 5.17. The normalized spacial score (nSPS) is 15.8. The Kier molecular flexibility index (Phi) is 6.52. The average molecular weight is 404 g/mol. The third-order valence-corrected chi connectivity index (χ3v) is 5.50. The Labute approximate surface area is 168 Å². The minimum atomic E-state index is -0.345. The SMILES string of the molecule is C[C@@H](C(=O)Nc1ccccc1Cl)C1CCN(C(=O)Nc2ccc(F)cc2)CC1. The van der Waals surface area contributed by atoms with Crippen molar-refractivity contribution in [2.75, 3.05) is 23.7 Å². The van der Waals surface area contributed by atoms with Gasteiger partial charge in [0, 0.05) is 24.7 Å². The number of nitrogens with one attached hydrogen (secondary N) is 2. The van der Waals surface area contributed by atoms with Crippen molar-refractivity contribution in [3.63, 3.8) is 0 Å². The maximum atomic E-state index is 13.0. The van der Waals surface area contributed by atoms with E-state index >= 15 is 0 Å². The first kappa shape index (κ1) is 20.1. The van der Waals surface area contributed by atoms with Crippen LogP contribution in [0.25, 0.3) is 0 Å². The number of benzene rings is 2. The van der Waals surface area contributed by atoms with Crippen molar-refractivity contribution in [2.45, 2.75) is 19.8 Å². The molecule has 0 bridgehead atoms. The minimum absolute atomic E-state index is 0.0673. The fraction of sp³-hybridized carbons (Fsp3) is 0.333. The number of nitrogens with zero attached hydrogens (tertiary/aromatic N) is 1. The molecule has 0 saturated carbocycles. The number of halogens is 2. The van der Waals surface area contributed by atoms with Crippen LogP contribution < -0.4 is 10.6 Å². The van der Waals surface area contributed by atoms with Crippen LogP contribution >= 0.6 is 11.6 Å². The van der Waals surface area contributed by atoms with E-state index in [4.69, 9.17) is 11.6 Å². The molecule has 3 rings (SSSR count). The lowest BCUT2D eigenvalue weighted by molar-refractivity contribution is -0.121. The Morgan fingerprint density at radius 1 is 1.07 bits per heavy atom. The number of amides is 3. The second-order valence-electron chi connectivity index (χ2n) is 7.02. The summed E-state index contributed by atoms with van der Waals surface area (Å²) in [6.45, 7) is 3.05. The average Bonchev–Trinajstić information content (AvgIpc) is 2.71. The molecule has 1 aliphatic rings. The van der Waals surface area contributed by atoms with Crippen LogP contribution in [0, 0.1) is 17.7 Å². The summed E-state index contributed by atoms with van der Waals surface area (Å²) in [5.74, 6) is -0.402. The van der Waals surface area contributed by atoms with Crippen LogP contribution in [0.1, 0.15) is 19.8 Å². The van der Waals surface area contributed by atoms with Gasteiger partial charge in [-0.2, -0.15) is 0 Å². The van der Waals surface area contributed by atoms with Crippen LogP contribution in [0.3, 0.4) is 0 Å². The van der Waals surface area contributed by atoms with Gasteiger partial charge in [0.05, 0.1) is 10.7 Å². The monoisotopic (exact) mass is 403 g/mol. The molecule has 5 nitrogen and oxygen atoms in total. The first-order chi connectivity index (χ1) is 13.4. The number of likely N-dealkylation sites (tertiary alicyclic amines) is 1. The zero-order valence-electron chi connectivity index (χ0n) is 15.6. The molecule has 28 heavy (non-hydrogen) atoms. The Hall–Kier alpha value is -2.60. The van der Waals surface area contributed by atoms with Crippen molar-refractivity contribution in [3.05, 3.63) is 59.4 Å². The van der Waals surface area contributed by atoms with Gasteiger partial charge in [-0.05, 0) is 55.2 Å². The molecule has 0 aliphatic carbocycles. The molecule has 1 atom stereocenters. The number of urea groups is 1. The second kappa shape index (κ2) is 9.06. The lowest BCUT2D eigenvalue weighted by atomic mass is 9.85. The summed E-state index contributed by atoms with van der Waals surface area (Å²) in [7, 11) is 0. The largest absolute Gasteiger partial charge is 0.325 e. The van der Waals surface area contributed by atoms with Crippen LogP contribution in [0.4, 0.5) is 20.6 Å². The molecule has 0 spiro atoms. The second-order valence-corrected chi connectivity index (χ2v) is 7.43. The topological polar surface area (TPSA) is 61.4 Å². The highest BCUT2D eigenvalue weighted by atomic mass is 35.5. The van der Waals surface area contributed by atoms with E-state index in [2.05, 4.69) is 10.6 Å². The summed E-state index contributed by atoms with van der Waals surface area (Å²) in [5, 5.41) is 6.16. The lowest BCUT2D eigenvalue weighted by Gasteiger charge is -2.34. The van der Waals surface area contributed by atoms with Crippen molar-refractivity contribution in [2.24, 2.45) is 11.8 Å². The van der Waals surface area contributed by atoms with E-state index in [0.717, 1.165) is 12.8 Å². The van der Waals surface area contributed by atoms with E-state index in [1.54, 1.807) is 17.0 Å². The molecule has 2 aromatic carbocycles. The highest BCUT2D eigenvalue weighted by Gasteiger charge is 2.30. The fourth-order valence-corrected chi connectivity index (χ4v) is 3.54. The number of para-hydroxylation sites is 1. The number of piperidine rings is 1. The van der Waals surface area contributed by atoms with Crippen LogP contribution in [-0.2, 0) is 4.79 Å². The van der Waals surface area contributed by atoms with E-state index in [-0.39, 0.29) is 29.6 Å². The highest BCUT2D eigenvalue weighted by molar-refractivity contribution is 6.33. The van der Waals surface area contributed by atoms with Crippen molar-refractivity contribution in [3.8, 4) is 0 Å². The predicted molar refractivity (Wildman–Crippen MR) is 109 cm³/mol. The van der Waals surface area contributed by atoms with Crippen LogP contribution in [-0.4, -0.2) is 29.9 Å². The van der Waals surface area contributed by atoms with Gasteiger partial charge in [-0.25, -0.2) is 9.18 Å². The number of hydrogen-bond acceptors (Lipinski definition) is 2. The first-order valence-electron chi connectivity index (χ1n) is 9.31. The molecule has 1 heterocycles. The standard InChI is InChI=1S/C21H23ClFN3O2/c1-14(20(27)25-19-5-3-2-4-18(19)22)15-10-12-26(13-11-15)21(28)24-17-8-6-16(23)7-9-17/h2-9,14-15H,10-13H2,1H3,(H,24,28)(H,25,27)/t14-/m1/s1. The van der Waals surface area contributed by atoms with E-state index < -0.39 is 0 Å². The van der Waals surface area contributed by atoms with Crippen LogP contribution in [0.2, 0.25) is 5.02 Å². The molecule has 148 valence electrons. The molecule has 1 aliphatic heterocycles. The number of hydrogen-bond donors (Lipinski definition) is 2. The summed E-state index contributed by atoms with van der Waals surface area (Å²) in [6.07, 6.45) is 1.49. The molecule has 2 N–H and O–H groups in total. The van der Waals surface area contributed by atoms with Gasteiger partial charge in [0.1, 0.15) is 5.82 Å². The number of carbonyl (C=O) groups excluding carboxylic acids is 2. The zero-order valence-corrected chi connectivity index (χ0v) is 16.4. The summed E-state index contributed by atoms with van der Waals surface area (Å²) in [5.41, 5.74) is 1.16. The van der Waals surface area contributed by atoms with E-state index in [1.807, 2.05) is 19.1 Å². The van der Waals surface area contributed by atoms with E-state index in [1.165, 1.54) is 24.3 Å². The van der Waals surface area contributed by atoms with Crippen molar-refractivity contribution in [1.82, 2.24) is 4.90 Å². The Balaban J connectivity index is 1.50. The van der Waals surface area contributed by atoms with Crippen LogP contribution in [0.15, 0.2) is 48.5 Å². The maximum absolute atomic E-state index is 13.0. The Morgan fingerprint density at radius 3 is 2.36 bits per heavy atom. The van der Waals surface area contributed by atoms with Gasteiger partial charge in [-0.15, -0.1) is 0 Å². The molecular weight excluding hydrogens is 381 g/mol. The Morgan fingerprint density at radius 2 is 1.71 bits per heavy atom. The summed E-state index contributed by atoms with van der Waals surface area (Å²) in [6, 6.07) is 12.6. The maximum Gasteiger partial charge on any atom is 0.321 e. The summed E-state index contributed by atoms with van der Waals surface area (Å²) < 4.78 is 13.0. The number of carbonyl (C=O) groups is 2. The molecule has 0 unspecified atom stereocenters. The zero-order chi connectivity index (χ0) is 20.1. The highest BCUT2D eigenvalue weighted by Crippen LogP contribution is 2.28. The summed E-state index contributed by atoms with van der Waals surface area (Å²) >= 11 is 6.10. The molecule has 3 amide bonds. The van der Waals surface area contributed by atoms with Crippen molar-refractivity contribution >= 4 is 34.9 Å². The van der Waals surface area contributed by atoms with Crippen molar-refractivity contribution < 1.29 is 14.0 Å². The Bertz CT molecular complexity index is 836. The van der Waals surface area contributed by atoms with Gasteiger partial charge in [0.2, 0.25) is 5.91 Å². The van der Waals surface area contributed by atoms with Gasteiger partial charge in [-0.3, -0.25) is 4.79 Å². The van der Waals surface area contributed by atoms with Gasteiger partial charge in [0.25, 0.3) is 0 Å². The van der Waals surface area contributed by atoms with Gasteiger partial charge in [0.15, 0.2) is 0 Å². The lowest BCUT2D eigenvalue weighted by Crippen LogP contribution is -2.43. The first-order valence-corrected chi connectivity index (χ1v) is 9.68. The molecule has 7 heteroatoms. The van der Waals surface area contributed by atoms with Crippen LogP contribution in [0.5, 0.6) is 0 Å². The fourth-order valence-electron chi connectivity index (χ4n) is 3.36. The van der Waals surface area contributed by atoms with Gasteiger partial charge < -0.3 is 15.5 Å². The molecule has 0 radical (unpaired) electrons. The molecule has 0 aromatic heterocycles. The van der Waals surface area contributed by atoms with Gasteiger partial charge >= 0.3 is 6.03 Å². The van der Waals surface area contributed by atoms with E-state index in [9.17, 15) is 14.0 Å². The summed E-state index contributed by atoms with van der Waals surface area (Å²) in [4.78, 5) is 26.6. The number of rotatable bonds is 4. The molecule has 1 fully saturated rings. The third kappa shape index (κ3) is 5.01. The van der Waals surface area contributed by atoms with Crippen molar-refractivity contribution in [1.29, 1.82) is 0 Å². The number of anilines is 2. The van der Waals surface area contributed by atoms with E-state index in [0.29, 0.717) is 29.5 Å². The molecule has 1 saturated heterocycles. The quantitative estimate of drug-likeness (QED) is 0.754. The van der Waals surface area contributed by atoms with Gasteiger partial charge in [-0.1, -0.05) is 30.7 Å². The smallest absolute Gasteiger partial charge is 0.321 e. The molecular formula is C21H23ClFN3O2.